The van der Waals surface area contributed by atoms with E-state index in [1.54, 1.807) is 0 Å². The van der Waals surface area contributed by atoms with Crippen LogP contribution in [-0.2, 0) is 17.6 Å². The number of rotatable bonds is 17. The molecule has 7 heteroatoms. The number of quaternary nitrogens is 1. The molecule has 0 radical (unpaired) electrons. The number of nitrogens with zero attached hydrogens (tertiary/aromatic N) is 3. The Morgan fingerprint density at radius 2 is 1.36 bits per heavy atom. The first-order valence-electron chi connectivity index (χ1n) is 20.1. The minimum absolute atomic E-state index is 0.0207. The van der Waals surface area contributed by atoms with Crippen molar-refractivity contribution < 1.29 is 14.0 Å². The summed E-state index contributed by atoms with van der Waals surface area (Å²) in [5.74, 6) is 0. The van der Waals surface area contributed by atoms with Crippen molar-refractivity contribution in [3.63, 3.8) is 0 Å². The fourth-order valence-corrected chi connectivity index (χ4v) is 8.32. The molecule has 0 spiro atoms. The normalized spacial score (nSPS) is 15.0. The van der Waals surface area contributed by atoms with E-state index >= 15 is 0 Å². The number of ether oxygens (including phenoxy) is 1. The first-order chi connectivity index (χ1) is 25.8. The predicted molar refractivity (Wildman–Crippen MR) is 223 cm³/mol. The maximum Gasteiger partial charge on any atom is 0.411 e. The van der Waals surface area contributed by atoms with E-state index in [1.165, 1.54) is 80.5 Å². The topological polar surface area (TPSA) is 44.8 Å². The van der Waals surface area contributed by atoms with Gasteiger partial charge in [0, 0.05) is 48.0 Å². The highest BCUT2D eigenvalue weighted by molar-refractivity contribution is 6.30. The van der Waals surface area contributed by atoms with Crippen molar-refractivity contribution in [1.82, 2.24) is 4.90 Å². The van der Waals surface area contributed by atoms with Crippen molar-refractivity contribution in [2.24, 2.45) is 0 Å². The van der Waals surface area contributed by atoms with Crippen LogP contribution in [0.5, 0.6) is 0 Å². The number of anilines is 3. The third kappa shape index (κ3) is 11.6. The van der Waals surface area contributed by atoms with E-state index in [1.807, 2.05) is 48.5 Å². The molecule has 4 aromatic carbocycles. The molecule has 1 saturated heterocycles. The molecule has 0 aromatic heterocycles. The molecule has 53 heavy (non-hydrogen) atoms. The monoisotopic (exact) mass is 735 g/mol. The summed E-state index contributed by atoms with van der Waals surface area (Å²) in [5.41, 5.74) is 8.31. The van der Waals surface area contributed by atoms with Gasteiger partial charge in [-0.25, -0.2) is 4.79 Å². The summed E-state index contributed by atoms with van der Waals surface area (Å²) in [5, 5.41) is 3.81. The van der Waals surface area contributed by atoms with Crippen LogP contribution in [0.4, 0.5) is 21.9 Å². The number of fused-ring (bicyclic) bond motifs is 2. The Kier molecular flexibility index (Phi) is 14.3. The van der Waals surface area contributed by atoms with Gasteiger partial charge in [0.05, 0.1) is 32.9 Å². The zero-order chi connectivity index (χ0) is 36.9. The molecule has 0 bridgehead atoms. The first kappa shape index (κ1) is 38.9. The zero-order valence-corrected chi connectivity index (χ0v) is 32.8. The number of likely N-dealkylation sites (tertiary alicyclic amines) is 1. The SMILES string of the molecule is C[N+](C)(CCCCCCCCCN1CCC(OC(=O)Nc2ccccc2-c2ccccc2)CC1)CCCN1c2ccccc2CCc2ccc(Cl)cc21. The number of hydrogen-bond donors (Lipinski definition) is 1. The Bertz CT molecular complexity index is 1740. The number of piperidine rings is 1. The number of hydrogen-bond acceptors (Lipinski definition) is 4. The van der Waals surface area contributed by atoms with Gasteiger partial charge in [0.25, 0.3) is 0 Å². The average Bonchev–Trinajstić information content (AvgIpc) is 3.31. The van der Waals surface area contributed by atoms with Gasteiger partial charge in [-0.05, 0) is 92.4 Å². The second kappa shape index (κ2) is 19.5. The molecule has 0 saturated carbocycles. The number of amides is 1. The van der Waals surface area contributed by atoms with E-state index in [0.29, 0.717) is 0 Å². The van der Waals surface area contributed by atoms with E-state index < -0.39 is 0 Å². The van der Waals surface area contributed by atoms with Crippen LogP contribution in [0.3, 0.4) is 0 Å². The Morgan fingerprint density at radius 1 is 0.717 bits per heavy atom. The second-order valence-corrected chi connectivity index (χ2v) is 16.2. The van der Waals surface area contributed by atoms with Gasteiger partial charge in [-0.3, -0.25) is 5.32 Å². The quantitative estimate of drug-likeness (QED) is 0.0866. The number of halogens is 1. The Balaban J connectivity index is 0.803. The lowest BCUT2D eigenvalue weighted by atomic mass is 10.0. The Morgan fingerprint density at radius 3 is 2.15 bits per heavy atom. The van der Waals surface area contributed by atoms with E-state index in [9.17, 15) is 4.79 Å². The number of carbonyl (C=O) groups is 1. The molecule has 1 N–H and O–H groups in total. The minimum Gasteiger partial charge on any atom is -0.446 e. The molecule has 0 unspecified atom stereocenters. The van der Waals surface area contributed by atoms with Gasteiger partial charge in [0.2, 0.25) is 0 Å². The average molecular weight is 736 g/mol. The minimum atomic E-state index is -0.360. The molecule has 2 aliphatic heterocycles. The van der Waals surface area contributed by atoms with Gasteiger partial charge in [0.1, 0.15) is 6.10 Å². The smallest absolute Gasteiger partial charge is 0.411 e. The highest BCUT2D eigenvalue weighted by Gasteiger charge is 2.24. The largest absolute Gasteiger partial charge is 0.446 e. The number of aryl methyl sites for hydroxylation is 2. The van der Waals surface area contributed by atoms with E-state index in [4.69, 9.17) is 16.3 Å². The van der Waals surface area contributed by atoms with Crippen LogP contribution in [0.25, 0.3) is 11.1 Å². The van der Waals surface area contributed by atoms with Crippen molar-refractivity contribution in [2.75, 3.05) is 63.6 Å². The van der Waals surface area contributed by atoms with Gasteiger partial charge in [-0.15, -0.1) is 0 Å². The third-order valence-electron chi connectivity index (χ3n) is 11.2. The maximum absolute atomic E-state index is 12.8. The molecule has 6 nitrogen and oxygen atoms in total. The molecule has 282 valence electrons. The lowest BCUT2D eigenvalue weighted by Crippen LogP contribution is -2.42. The van der Waals surface area contributed by atoms with E-state index in [0.717, 1.165) is 84.6 Å². The van der Waals surface area contributed by atoms with E-state index in [-0.39, 0.29) is 12.2 Å². The van der Waals surface area contributed by atoms with Gasteiger partial charge in [-0.2, -0.15) is 0 Å². The van der Waals surface area contributed by atoms with Crippen molar-refractivity contribution in [1.29, 1.82) is 0 Å². The third-order valence-corrected chi connectivity index (χ3v) is 11.5. The summed E-state index contributed by atoms with van der Waals surface area (Å²) >= 11 is 6.48. The highest BCUT2D eigenvalue weighted by Crippen LogP contribution is 2.37. The van der Waals surface area contributed by atoms with Crippen LogP contribution in [0.15, 0.2) is 97.1 Å². The van der Waals surface area contributed by atoms with Crippen molar-refractivity contribution in [2.45, 2.75) is 83.2 Å². The number of nitrogens with one attached hydrogen (secondary N) is 1. The molecule has 1 amide bonds. The molecular formula is C46H60ClN4O2+. The summed E-state index contributed by atoms with van der Waals surface area (Å²) in [6.45, 7) is 6.57. The van der Waals surface area contributed by atoms with Crippen LogP contribution in [0.2, 0.25) is 5.02 Å². The lowest BCUT2D eigenvalue weighted by Gasteiger charge is -2.32. The Labute approximate surface area is 323 Å². The fourth-order valence-electron chi connectivity index (χ4n) is 8.16. The summed E-state index contributed by atoms with van der Waals surface area (Å²) in [7, 11) is 4.80. The molecule has 0 atom stereocenters. The number of para-hydroxylation sites is 2. The van der Waals surface area contributed by atoms with Gasteiger partial charge >= 0.3 is 6.09 Å². The van der Waals surface area contributed by atoms with Gasteiger partial charge in [-0.1, -0.05) is 110 Å². The first-order valence-corrected chi connectivity index (χ1v) is 20.5. The molecule has 0 aliphatic carbocycles. The van der Waals surface area contributed by atoms with Crippen molar-refractivity contribution >= 4 is 34.8 Å². The molecule has 4 aromatic rings. The molecule has 1 fully saturated rings. The summed E-state index contributed by atoms with van der Waals surface area (Å²) < 4.78 is 6.91. The molecule has 2 heterocycles. The maximum atomic E-state index is 12.8. The van der Waals surface area contributed by atoms with Crippen molar-refractivity contribution in [3.8, 4) is 11.1 Å². The standard InChI is InChI=1S/C46H59ClN4O2/c1-51(2,35-17-31-50-44-23-14-11-20-38(44)24-25-39-26-27-40(47)36-45(39)50)34-16-7-5-3-4-6-15-30-49-32-28-41(29-33-49)53-46(52)48-43-22-13-12-21-42(43)37-18-9-8-10-19-37/h8-14,18-23,26-27,36,41H,3-7,15-17,24-25,28-35H2,1-2H3/p+1. The second-order valence-electron chi connectivity index (χ2n) is 15.7. The van der Waals surface area contributed by atoms with Crippen LogP contribution in [-0.4, -0.2) is 74.9 Å². The number of carbonyl (C=O) groups excluding carboxylic acids is 1. The lowest BCUT2D eigenvalue weighted by molar-refractivity contribution is -0.890. The van der Waals surface area contributed by atoms with Crippen molar-refractivity contribution in [3.05, 3.63) is 113 Å². The van der Waals surface area contributed by atoms with Gasteiger partial charge < -0.3 is 19.0 Å². The Hall–Kier alpha value is -3.84. The molecule has 6 rings (SSSR count). The highest BCUT2D eigenvalue weighted by atomic mass is 35.5. The van der Waals surface area contributed by atoms with E-state index in [2.05, 4.69) is 77.7 Å². The summed E-state index contributed by atoms with van der Waals surface area (Å²) in [6.07, 6.45) is 13.9. The van der Waals surface area contributed by atoms with Gasteiger partial charge in [0.15, 0.2) is 0 Å². The summed E-state index contributed by atoms with van der Waals surface area (Å²) in [4.78, 5) is 17.8. The van der Waals surface area contributed by atoms with Crippen LogP contribution < -0.4 is 10.2 Å². The van der Waals surface area contributed by atoms with Crippen LogP contribution in [0.1, 0.15) is 75.3 Å². The zero-order valence-electron chi connectivity index (χ0n) is 32.1. The fraction of sp³-hybridized carbons (Fsp3) is 0.457. The molecule has 2 aliphatic rings. The molecular weight excluding hydrogens is 676 g/mol. The summed E-state index contributed by atoms with van der Waals surface area (Å²) in [6, 6.07) is 33.3. The van der Waals surface area contributed by atoms with Crippen LogP contribution >= 0.6 is 11.6 Å². The van der Waals surface area contributed by atoms with Crippen LogP contribution in [0, 0.1) is 0 Å². The number of unbranched alkanes of at least 4 members (excludes halogenated alkanes) is 6. The predicted octanol–water partition coefficient (Wildman–Crippen LogP) is 11.2. The number of benzene rings is 4.